The van der Waals surface area contributed by atoms with Gasteiger partial charge in [-0.25, -0.2) is 14.5 Å². The number of amides is 1. The number of methoxy groups -OCH3 is 1. The third-order valence-electron chi connectivity index (χ3n) is 5.46. The molecule has 2 N–H and O–H groups in total. The van der Waals surface area contributed by atoms with E-state index in [4.69, 9.17) is 18.9 Å². The number of carbonyl (C=O) groups is 2. The molecule has 11 nitrogen and oxygen atoms in total. The smallest absolute Gasteiger partial charge is 0.311 e. The van der Waals surface area contributed by atoms with E-state index in [1.807, 2.05) is 6.92 Å². The molecule has 2 aromatic carbocycles. The van der Waals surface area contributed by atoms with E-state index in [2.05, 4.69) is 15.6 Å². The largest absolute Gasteiger partial charge is 0.490 e. The van der Waals surface area contributed by atoms with Gasteiger partial charge >= 0.3 is 5.97 Å². The second-order valence-electron chi connectivity index (χ2n) is 8.07. The van der Waals surface area contributed by atoms with Gasteiger partial charge in [0.05, 0.1) is 56.0 Å². The summed E-state index contributed by atoms with van der Waals surface area (Å²) >= 11 is 0. The number of halogens is 1. The number of aromatic nitrogens is 2. The third-order valence-corrected chi connectivity index (χ3v) is 5.46. The van der Waals surface area contributed by atoms with Crippen molar-refractivity contribution < 1.29 is 32.9 Å². The summed E-state index contributed by atoms with van der Waals surface area (Å²) in [5.74, 6) is -0.597. The minimum absolute atomic E-state index is 0.0572. The second-order valence-corrected chi connectivity index (χ2v) is 8.07. The van der Waals surface area contributed by atoms with Gasteiger partial charge in [0.2, 0.25) is 5.75 Å². The summed E-state index contributed by atoms with van der Waals surface area (Å²) in [5, 5.41) is 6.97. The van der Waals surface area contributed by atoms with Crippen molar-refractivity contribution in [3.63, 3.8) is 0 Å². The molecule has 39 heavy (non-hydrogen) atoms. The van der Waals surface area contributed by atoms with Gasteiger partial charge in [-0.15, -0.1) is 0 Å². The number of H-pyrrole nitrogens is 1. The monoisotopic (exact) mass is 542 g/mol. The van der Waals surface area contributed by atoms with E-state index in [9.17, 15) is 18.8 Å². The van der Waals surface area contributed by atoms with Gasteiger partial charge in [0, 0.05) is 5.56 Å². The topological polar surface area (TPSA) is 133 Å². The summed E-state index contributed by atoms with van der Waals surface area (Å²) in [6.07, 6.45) is -0.260. The zero-order valence-electron chi connectivity index (χ0n) is 22.4. The molecule has 0 aliphatic carbocycles. The molecule has 0 atom stereocenters. The minimum atomic E-state index is -0.595. The van der Waals surface area contributed by atoms with Gasteiger partial charge in [-0.1, -0.05) is 0 Å². The molecule has 0 aliphatic heterocycles. The predicted octanol–water partition coefficient (Wildman–Crippen LogP) is 3.37. The first-order valence-corrected chi connectivity index (χ1v) is 12.3. The van der Waals surface area contributed by atoms with Crippen LogP contribution in [-0.4, -0.2) is 54.3 Å². The van der Waals surface area contributed by atoms with Gasteiger partial charge in [-0.3, -0.25) is 19.5 Å². The third kappa shape index (κ3) is 6.83. The van der Waals surface area contributed by atoms with Crippen molar-refractivity contribution in [1.82, 2.24) is 15.2 Å². The average molecular weight is 543 g/mol. The summed E-state index contributed by atoms with van der Waals surface area (Å²) in [4.78, 5) is 38.3. The fraction of sp³-hybridized carbons (Fsp3) is 0.333. The first kappa shape index (κ1) is 29.0. The molecule has 0 radical (unpaired) electrons. The fourth-order valence-corrected chi connectivity index (χ4v) is 3.75. The lowest BCUT2D eigenvalue weighted by Gasteiger charge is -2.16. The molecule has 3 aromatic rings. The SMILES string of the molecule is CCOc1cc(C(=O)NN=C(C)c2c(CC(=O)OC)[nH]n(-c3ccc(F)cc3)c2=O)cc(OCC)c1OCC. The Kier molecular flexibility index (Phi) is 9.85. The Balaban J connectivity index is 1.98. The van der Waals surface area contributed by atoms with Gasteiger partial charge in [0.15, 0.2) is 11.5 Å². The highest BCUT2D eigenvalue weighted by Gasteiger charge is 2.22. The molecule has 0 saturated carbocycles. The van der Waals surface area contributed by atoms with Crippen LogP contribution >= 0.6 is 0 Å². The number of nitrogens with zero attached hydrogens (tertiary/aromatic N) is 2. The summed E-state index contributed by atoms with van der Waals surface area (Å²) in [6.45, 7) is 7.99. The van der Waals surface area contributed by atoms with Gasteiger partial charge in [-0.05, 0) is 64.1 Å². The number of ether oxygens (including phenoxy) is 4. The Labute approximate surface area is 224 Å². The number of hydrogen-bond acceptors (Lipinski definition) is 8. The second kappa shape index (κ2) is 13.3. The molecule has 0 fully saturated rings. The van der Waals surface area contributed by atoms with E-state index in [-0.39, 0.29) is 29.0 Å². The van der Waals surface area contributed by atoms with Crippen molar-refractivity contribution >= 4 is 17.6 Å². The highest BCUT2D eigenvalue weighted by Crippen LogP contribution is 2.39. The molecule has 0 spiro atoms. The van der Waals surface area contributed by atoms with Crippen molar-refractivity contribution in [2.75, 3.05) is 26.9 Å². The van der Waals surface area contributed by atoms with Gasteiger partial charge in [0.1, 0.15) is 5.82 Å². The molecule has 12 heteroatoms. The first-order valence-electron chi connectivity index (χ1n) is 12.3. The number of hydrogen-bond donors (Lipinski definition) is 2. The number of benzene rings is 2. The molecule has 1 heterocycles. The number of carbonyl (C=O) groups excluding carboxylic acids is 2. The minimum Gasteiger partial charge on any atom is -0.490 e. The van der Waals surface area contributed by atoms with Crippen LogP contribution in [-0.2, 0) is 16.0 Å². The summed E-state index contributed by atoms with van der Waals surface area (Å²) in [6, 6.07) is 8.24. The zero-order valence-corrected chi connectivity index (χ0v) is 22.4. The van der Waals surface area contributed by atoms with Crippen molar-refractivity contribution in [1.29, 1.82) is 0 Å². The Bertz CT molecular complexity index is 1380. The van der Waals surface area contributed by atoms with Crippen LogP contribution in [0.1, 0.15) is 49.3 Å². The molecule has 3 rings (SSSR count). The van der Waals surface area contributed by atoms with E-state index in [1.165, 1.54) is 50.4 Å². The Morgan fingerprint density at radius 3 is 2.13 bits per heavy atom. The Morgan fingerprint density at radius 1 is 1.00 bits per heavy atom. The maximum absolute atomic E-state index is 13.4. The average Bonchev–Trinajstić information content (AvgIpc) is 3.24. The normalized spacial score (nSPS) is 11.2. The quantitative estimate of drug-likeness (QED) is 0.204. The molecule has 0 bridgehead atoms. The van der Waals surface area contributed by atoms with Crippen LogP contribution in [0.4, 0.5) is 4.39 Å². The summed E-state index contributed by atoms with van der Waals surface area (Å²) in [5.41, 5.74) is 2.82. The fourth-order valence-electron chi connectivity index (χ4n) is 3.75. The van der Waals surface area contributed by atoms with E-state index >= 15 is 0 Å². The molecule has 208 valence electrons. The van der Waals surface area contributed by atoms with Crippen LogP contribution in [0, 0.1) is 5.82 Å². The maximum atomic E-state index is 13.4. The highest BCUT2D eigenvalue weighted by molar-refractivity contribution is 6.02. The van der Waals surface area contributed by atoms with Gasteiger partial charge in [-0.2, -0.15) is 5.10 Å². The van der Waals surface area contributed by atoms with Crippen LogP contribution in [0.15, 0.2) is 46.3 Å². The van der Waals surface area contributed by atoms with E-state index < -0.39 is 23.3 Å². The molecule has 0 aliphatic rings. The molecular formula is C27H31FN4O7. The molecule has 0 unspecified atom stereocenters. The Hall–Kier alpha value is -4.61. The summed E-state index contributed by atoms with van der Waals surface area (Å²) in [7, 11) is 1.22. The van der Waals surface area contributed by atoms with Crippen LogP contribution in [0.3, 0.4) is 0 Å². The number of rotatable bonds is 12. The number of hydrazone groups is 1. The van der Waals surface area contributed by atoms with E-state index in [0.29, 0.717) is 42.8 Å². The van der Waals surface area contributed by atoms with Crippen molar-refractivity contribution in [3.05, 3.63) is 69.4 Å². The van der Waals surface area contributed by atoms with Crippen LogP contribution < -0.4 is 25.2 Å². The van der Waals surface area contributed by atoms with Crippen LogP contribution in [0.2, 0.25) is 0 Å². The Morgan fingerprint density at radius 2 is 1.59 bits per heavy atom. The zero-order chi connectivity index (χ0) is 28.5. The van der Waals surface area contributed by atoms with Gasteiger partial charge in [0.25, 0.3) is 11.5 Å². The number of nitrogens with one attached hydrogen (secondary N) is 2. The van der Waals surface area contributed by atoms with Crippen LogP contribution in [0.5, 0.6) is 17.2 Å². The lowest BCUT2D eigenvalue weighted by atomic mass is 10.1. The van der Waals surface area contributed by atoms with Crippen molar-refractivity contribution in [2.24, 2.45) is 5.10 Å². The van der Waals surface area contributed by atoms with E-state index in [1.54, 1.807) is 13.8 Å². The molecule has 1 aromatic heterocycles. The first-order chi connectivity index (χ1) is 18.7. The maximum Gasteiger partial charge on any atom is 0.311 e. The lowest BCUT2D eigenvalue weighted by molar-refractivity contribution is -0.139. The highest BCUT2D eigenvalue weighted by atomic mass is 19.1. The summed E-state index contributed by atoms with van der Waals surface area (Å²) < 4.78 is 36.3. The molecular weight excluding hydrogens is 511 g/mol. The van der Waals surface area contributed by atoms with Crippen LogP contribution in [0.25, 0.3) is 5.69 Å². The molecule has 0 saturated heterocycles. The number of aromatic amines is 1. The van der Waals surface area contributed by atoms with E-state index in [0.717, 1.165) is 4.68 Å². The standard InChI is InChI=1S/C27H31FN4O7/c1-6-37-21-13-17(14-22(38-7-2)25(21)39-8-3)26(34)30-29-16(4)24-20(15-23(33)36-5)31-32(27(24)35)19-11-9-18(28)10-12-19/h9-14,31H,6-8,15H2,1-5H3,(H,30,34). The van der Waals surface area contributed by atoms with Crippen molar-refractivity contribution in [2.45, 2.75) is 34.1 Å². The lowest BCUT2D eigenvalue weighted by Crippen LogP contribution is -2.24. The van der Waals surface area contributed by atoms with Gasteiger partial charge < -0.3 is 18.9 Å². The van der Waals surface area contributed by atoms with Crippen molar-refractivity contribution in [3.8, 4) is 22.9 Å². The predicted molar refractivity (Wildman–Crippen MR) is 142 cm³/mol. The number of esters is 1. The molecule has 1 amide bonds.